The van der Waals surface area contributed by atoms with Crippen molar-refractivity contribution in [1.29, 1.82) is 0 Å². The zero-order chi connectivity index (χ0) is 7.40. The van der Waals surface area contributed by atoms with E-state index in [1.165, 1.54) is 0 Å². The van der Waals surface area contributed by atoms with Gasteiger partial charge in [-0.3, -0.25) is 0 Å². The van der Waals surface area contributed by atoms with E-state index in [0.29, 0.717) is 11.4 Å². The van der Waals surface area contributed by atoms with Crippen LogP contribution < -0.4 is 5.84 Å². The van der Waals surface area contributed by atoms with Crippen LogP contribution in [0.3, 0.4) is 0 Å². The van der Waals surface area contributed by atoms with Crippen LogP contribution in [0.4, 0.5) is 0 Å². The number of hydrogen-bond acceptors (Lipinski definition) is 1. The molecule has 3 nitrogen and oxygen atoms in total. The molecule has 0 heterocycles. The molecule has 2 N–H and O–H groups in total. The van der Waals surface area contributed by atoms with Crippen LogP contribution in [0.5, 0.6) is 0 Å². The number of allylic oxidation sites excluding steroid dienone is 2. The largest absolute Gasteiger partial charge is 0.249 e. The molecule has 0 saturated heterocycles. The minimum atomic E-state index is 0.302. The van der Waals surface area contributed by atoms with Crippen molar-refractivity contribution in [3.05, 3.63) is 28.7 Å². The number of nitroso groups, excluding NO2 is 1. The third kappa shape index (κ3) is 2.01. The lowest BCUT2D eigenvalue weighted by Gasteiger charge is -1.98. The van der Waals surface area contributed by atoms with Gasteiger partial charge in [-0.2, -0.15) is 5.84 Å². The Balaban J connectivity index is 2.48. The van der Waals surface area contributed by atoms with Crippen molar-refractivity contribution in [2.45, 2.75) is 12.8 Å². The van der Waals surface area contributed by atoms with E-state index >= 15 is 0 Å². The average Bonchev–Trinajstić information content (AvgIpc) is 1.88. The summed E-state index contributed by atoms with van der Waals surface area (Å²) in [6.07, 6.45) is 8.14. The highest BCUT2D eigenvalue weighted by Crippen LogP contribution is 2.08. The van der Waals surface area contributed by atoms with Crippen LogP contribution >= 0.6 is 0 Å². The van der Waals surface area contributed by atoms with E-state index in [0.717, 1.165) is 18.4 Å². The molecule has 0 aliphatic heterocycles. The summed E-state index contributed by atoms with van der Waals surface area (Å²) in [6.45, 7) is 0.302. The van der Waals surface area contributed by atoms with Crippen LogP contribution in [0.15, 0.2) is 23.8 Å². The summed E-state index contributed by atoms with van der Waals surface area (Å²) in [6, 6.07) is 0. The summed E-state index contributed by atoms with van der Waals surface area (Å²) in [5, 5.41) is 0. The quantitative estimate of drug-likeness (QED) is 0.351. The summed E-state index contributed by atoms with van der Waals surface area (Å²) < 4.78 is 0. The fraction of sp³-hybridized carbons (Fsp3) is 0.429. The van der Waals surface area contributed by atoms with Crippen molar-refractivity contribution < 1.29 is 4.87 Å². The van der Waals surface area contributed by atoms with Crippen LogP contribution in [-0.4, -0.2) is 11.4 Å². The third-order valence-electron chi connectivity index (χ3n) is 1.41. The highest BCUT2D eigenvalue weighted by Gasteiger charge is 2.05. The van der Waals surface area contributed by atoms with Gasteiger partial charge >= 0.3 is 0 Å². The van der Waals surface area contributed by atoms with Crippen molar-refractivity contribution in [2.24, 2.45) is 5.84 Å². The van der Waals surface area contributed by atoms with Gasteiger partial charge in [0.25, 0.3) is 0 Å². The van der Waals surface area contributed by atoms with Crippen LogP contribution in [0.1, 0.15) is 12.8 Å². The van der Waals surface area contributed by atoms with Gasteiger partial charge in [0.05, 0.1) is 4.91 Å². The predicted octanol–water partition coefficient (Wildman–Crippen LogP) is 0.915. The van der Waals surface area contributed by atoms with Crippen LogP contribution in [0.25, 0.3) is 0 Å². The molecule has 0 aromatic heterocycles. The Hall–Kier alpha value is -1.12. The molecule has 1 rings (SSSR count). The molecule has 0 aromatic carbocycles. The average molecular weight is 139 g/mol. The maximum absolute atomic E-state index is 10.3. The predicted molar refractivity (Wildman–Crippen MR) is 39.1 cm³/mol. The second kappa shape index (κ2) is 3.15. The molecule has 0 amide bonds. The molecule has 0 spiro atoms. The minimum absolute atomic E-state index is 0.302. The third-order valence-corrected chi connectivity index (χ3v) is 1.41. The molecule has 0 saturated carbocycles. The lowest BCUT2D eigenvalue weighted by atomic mass is 10.1. The van der Waals surface area contributed by atoms with Crippen molar-refractivity contribution >= 4 is 0 Å². The first-order valence-corrected chi connectivity index (χ1v) is 3.34. The molecular formula is C7H11N2O+. The Labute approximate surface area is 59.8 Å². The maximum Gasteiger partial charge on any atom is 0.249 e. The van der Waals surface area contributed by atoms with Gasteiger partial charge < -0.3 is 0 Å². The van der Waals surface area contributed by atoms with E-state index in [-0.39, 0.29) is 0 Å². The Kier molecular flexibility index (Phi) is 2.20. The number of nitrogens with zero attached hydrogens (tertiary/aromatic N) is 1. The summed E-state index contributed by atoms with van der Waals surface area (Å²) in [4.78, 5) is 10.8. The van der Waals surface area contributed by atoms with E-state index in [2.05, 4.69) is 6.08 Å². The number of rotatable bonds is 2. The SMILES string of the molecule is N[N+](=O)CC1=CCCC=C1. The van der Waals surface area contributed by atoms with Crippen molar-refractivity contribution in [3.63, 3.8) is 0 Å². The summed E-state index contributed by atoms with van der Waals surface area (Å²) in [5.74, 6) is 4.93. The minimum Gasteiger partial charge on any atom is -0.165 e. The van der Waals surface area contributed by atoms with E-state index in [1.807, 2.05) is 12.2 Å². The van der Waals surface area contributed by atoms with Crippen molar-refractivity contribution in [3.8, 4) is 0 Å². The first-order chi connectivity index (χ1) is 4.79. The van der Waals surface area contributed by atoms with E-state index in [4.69, 9.17) is 5.84 Å². The lowest BCUT2D eigenvalue weighted by molar-refractivity contribution is -0.552. The van der Waals surface area contributed by atoms with Gasteiger partial charge in [-0.25, -0.2) is 0 Å². The first-order valence-electron chi connectivity index (χ1n) is 3.34. The highest BCUT2D eigenvalue weighted by molar-refractivity contribution is 5.21. The van der Waals surface area contributed by atoms with Gasteiger partial charge in [0.1, 0.15) is 4.87 Å². The van der Waals surface area contributed by atoms with Gasteiger partial charge in [-0.1, -0.05) is 18.2 Å². The Morgan fingerprint density at radius 1 is 1.60 bits per heavy atom. The molecule has 1 aliphatic rings. The second-order valence-electron chi connectivity index (χ2n) is 2.33. The molecule has 0 bridgehead atoms. The topological polar surface area (TPSA) is 46.1 Å². The van der Waals surface area contributed by atoms with E-state index in [9.17, 15) is 4.91 Å². The van der Waals surface area contributed by atoms with Gasteiger partial charge in [0.15, 0.2) is 0 Å². The summed E-state index contributed by atoms with van der Waals surface area (Å²) >= 11 is 0. The molecular weight excluding hydrogens is 128 g/mol. The lowest BCUT2D eigenvalue weighted by Crippen LogP contribution is -2.18. The van der Waals surface area contributed by atoms with E-state index < -0.39 is 0 Å². The number of nitrogens with two attached hydrogens (primary N) is 1. The number of hydrogen-bond donors (Lipinski definition) is 1. The van der Waals surface area contributed by atoms with Crippen molar-refractivity contribution in [2.75, 3.05) is 6.54 Å². The molecule has 0 radical (unpaired) electrons. The zero-order valence-corrected chi connectivity index (χ0v) is 5.79. The molecule has 1 aliphatic carbocycles. The normalized spacial score (nSPS) is 16.6. The second-order valence-corrected chi connectivity index (χ2v) is 2.33. The molecule has 0 fully saturated rings. The Morgan fingerprint density at radius 3 is 2.90 bits per heavy atom. The molecule has 54 valence electrons. The highest BCUT2D eigenvalue weighted by atomic mass is 16.3. The molecule has 0 unspecified atom stereocenters. The van der Waals surface area contributed by atoms with Crippen LogP contribution in [0.2, 0.25) is 0 Å². The Morgan fingerprint density at radius 2 is 2.40 bits per heavy atom. The maximum atomic E-state index is 10.3. The van der Waals surface area contributed by atoms with Gasteiger partial charge in [-0.15, -0.1) is 0 Å². The van der Waals surface area contributed by atoms with Gasteiger partial charge in [-0.05, 0) is 12.8 Å². The zero-order valence-electron chi connectivity index (χ0n) is 5.79. The molecule has 10 heavy (non-hydrogen) atoms. The van der Waals surface area contributed by atoms with Gasteiger partial charge in [0.2, 0.25) is 6.54 Å². The fourth-order valence-electron chi connectivity index (χ4n) is 0.965. The first kappa shape index (κ1) is 6.99. The standard InChI is InChI=1S/C7H11N2O/c8-9(10)6-7-4-2-1-3-5-7/h2,4-5H,1,3,6H2,(H2,8,10)/q+1. The van der Waals surface area contributed by atoms with Crippen molar-refractivity contribution in [1.82, 2.24) is 0 Å². The number of hydrazine groups is 1. The fourth-order valence-corrected chi connectivity index (χ4v) is 0.965. The molecule has 0 atom stereocenters. The smallest absolute Gasteiger partial charge is 0.165 e. The van der Waals surface area contributed by atoms with Crippen LogP contribution in [0, 0.1) is 4.91 Å². The van der Waals surface area contributed by atoms with E-state index in [1.54, 1.807) is 0 Å². The molecule has 0 aromatic rings. The van der Waals surface area contributed by atoms with Crippen LogP contribution in [-0.2, 0) is 0 Å². The summed E-state index contributed by atoms with van der Waals surface area (Å²) in [5.41, 5.74) is 1.02. The van der Waals surface area contributed by atoms with Gasteiger partial charge in [0, 0.05) is 5.57 Å². The summed E-state index contributed by atoms with van der Waals surface area (Å²) in [7, 11) is 0. The Bertz CT molecular complexity index is 194. The molecule has 3 heteroatoms. The monoisotopic (exact) mass is 139 g/mol.